The van der Waals surface area contributed by atoms with E-state index in [4.69, 9.17) is 9.84 Å². The van der Waals surface area contributed by atoms with Crippen LogP contribution in [0.5, 0.6) is 5.75 Å². The highest BCUT2D eigenvalue weighted by Gasteiger charge is 2.17. The molecule has 1 atom stereocenters. The van der Waals surface area contributed by atoms with E-state index < -0.39 is 15.8 Å². The van der Waals surface area contributed by atoms with Gasteiger partial charge in [-0.1, -0.05) is 6.92 Å². The van der Waals surface area contributed by atoms with E-state index in [-0.39, 0.29) is 22.3 Å². The molecule has 0 saturated heterocycles. The van der Waals surface area contributed by atoms with Gasteiger partial charge in [-0.3, -0.25) is 0 Å². The lowest BCUT2D eigenvalue weighted by atomic mass is 10.2. The van der Waals surface area contributed by atoms with Crippen LogP contribution >= 0.6 is 0 Å². The summed E-state index contributed by atoms with van der Waals surface area (Å²) < 4.78 is 28.2. The molecule has 0 amide bonds. The second-order valence-electron chi connectivity index (χ2n) is 4.07. The zero-order valence-electron chi connectivity index (χ0n) is 10.5. The lowest BCUT2D eigenvalue weighted by Crippen LogP contribution is -2.13. The summed E-state index contributed by atoms with van der Waals surface area (Å²) in [6.07, 6.45) is 1.63. The van der Waals surface area contributed by atoms with Gasteiger partial charge in [0.1, 0.15) is 11.3 Å². The maximum absolute atomic E-state index is 11.4. The minimum Gasteiger partial charge on any atom is -0.490 e. The van der Waals surface area contributed by atoms with Crippen LogP contribution < -0.4 is 4.74 Å². The lowest BCUT2D eigenvalue weighted by Gasteiger charge is -2.15. The highest BCUT2D eigenvalue weighted by atomic mass is 32.2. The number of rotatable bonds is 5. The Labute approximate surface area is 106 Å². The second-order valence-corrected chi connectivity index (χ2v) is 6.09. The van der Waals surface area contributed by atoms with Crippen LogP contribution in [0.25, 0.3) is 0 Å². The van der Waals surface area contributed by atoms with Gasteiger partial charge < -0.3 is 9.84 Å². The maximum Gasteiger partial charge on any atom is 0.339 e. The number of aromatic carboxylic acids is 1. The van der Waals surface area contributed by atoms with E-state index >= 15 is 0 Å². The van der Waals surface area contributed by atoms with Gasteiger partial charge in [-0.05, 0) is 31.5 Å². The van der Waals surface area contributed by atoms with Gasteiger partial charge in [0.2, 0.25) is 0 Å². The van der Waals surface area contributed by atoms with Gasteiger partial charge in [0.25, 0.3) is 0 Å². The molecule has 0 heterocycles. The zero-order chi connectivity index (χ0) is 13.9. The van der Waals surface area contributed by atoms with E-state index in [0.717, 1.165) is 18.7 Å². The fourth-order valence-corrected chi connectivity index (χ4v) is 1.96. The first-order valence-corrected chi connectivity index (χ1v) is 7.39. The van der Waals surface area contributed by atoms with E-state index in [1.807, 2.05) is 13.8 Å². The fourth-order valence-electron chi connectivity index (χ4n) is 1.31. The molecule has 0 aromatic heterocycles. The van der Waals surface area contributed by atoms with Gasteiger partial charge >= 0.3 is 5.97 Å². The first kappa shape index (κ1) is 14.5. The minimum absolute atomic E-state index is 0.0311. The third-order valence-corrected chi connectivity index (χ3v) is 3.62. The number of carboxylic acid groups (broad SMARTS) is 1. The molecule has 1 N–H and O–H groups in total. The van der Waals surface area contributed by atoms with Crippen molar-refractivity contribution in [2.24, 2.45) is 0 Å². The Morgan fingerprint density at radius 2 is 2.06 bits per heavy atom. The maximum atomic E-state index is 11.4. The van der Waals surface area contributed by atoms with Crippen molar-refractivity contribution in [3.8, 4) is 5.75 Å². The molecule has 0 bridgehead atoms. The largest absolute Gasteiger partial charge is 0.490 e. The van der Waals surface area contributed by atoms with Crippen LogP contribution in [0.4, 0.5) is 0 Å². The fraction of sp³-hybridized carbons (Fsp3) is 0.417. The van der Waals surface area contributed by atoms with Gasteiger partial charge in [-0.15, -0.1) is 0 Å². The topological polar surface area (TPSA) is 80.7 Å². The molecule has 0 fully saturated rings. The van der Waals surface area contributed by atoms with Crippen LogP contribution in [0, 0.1) is 0 Å². The molecule has 1 aromatic rings. The van der Waals surface area contributed by atoms with Crippen molar-refractivity contribution in [2.45, 2.75) is 31.3 Å². The van der Waals surface area contributed by atoms with Gasteiger partial charge in [-0.25, -0.2) is 13.2 Å². The number of ether oxygens (including phenoxy) is 1. The average Bonchev–Trinajstić information content (AvgIpc) is 2.27. The summed E-state index contributed by atoms with van der Waals surface area (Å²) in [5.41, 5.74) is -0.141. The van der Waals surface area contributed by atoms with E-state index in [1.54, 1.807) is 0 Å². The third kappa shape index (κ3) is 3.46. The average molecular weight is 272 g/mol. The van der Waals surface area contributed by atoms with Gasteiger partial charge in [0, 0.05) is 6.26 Å². The predicted molar refractivity (Wildman–Crippen MR) is 66.9 cm³/mol. The Balaban J connectivity index is 3.25. The van der Waals surface area contributed by atoms with Crippen molar-refractivity contribution in [3.63, 3.8) is 0 Å². The number of sulfone groups is 1. The van der Waals surface area contributed by atoms with Crippen LogP contribution in [0.15, 0.2) is 23.1 Å². The van der Waals surface area contributed by atoms with Crippen molar-refractivity contribution >= 4 is 15.8 Å². The van der Waals surface area contributed by atoms with E-state index in [0.29, 0.717) is 0 Å². The highest BCUT2D eigenvalue weighted by molar-refractivity contribution is 7.90. The molecule has 1 rings (SSSR count). The van der Waals surface area contributed by atoms with E-state index in [1.165, 1.54) is 12.1 Å². The zero-order valence-corrected chi connectivity index (χ0v) is 11.3. The van der Waals surface area contributed by atoms with Crippen LogP contribution in [-0.4, -0.2) is 31.9 Å². The van der Waals surface area contributed by atoms with Crippen molar-refractivity contribution in [2.75, 3.05) is 6.26 Å². The Hall–Kier alpha value is -1.56. The van der Waals surface area contributed by atoms with Crippen molar-refractivity contribution in [1.29, 1.82) is 0 Å². The normalized spacial score (nSPS) is 13.1. The Morgan fingerprint density at radius 3 is 2.50 bits per heavy atom. The Kier molecular flexibility index (Phi) is 4.34. The number of carbonyl (C=O) groups is 1. The molecule has 0 radical (unpaired) electrons. The summed E-state index contributed by atoms with van der Waals surface area (Å²) in [6.45, 7) is 3.73. The third-order valence-electron chi connectivity index (χ3n) is 2.51. The predicted octanol–water partition coefficient (Wildman–Crippen LogP) is 1.97. The summed E-state index contributed by atoms with van der Waals surface area (Å²) in [5.74, 6) is -1.02. The monoisotopic (exact) mass is 272 g/mol. The quantitative estimate of drug-likeness (QED) is 0.886. The number of benzene rings is 1. The molecule has 100 valence electrons. The minimum atomic E-state index is -3.43. The lowest BCUT2D eigenvalue weighted by molar-refractivity contribution is 0.0689. The summed E-state index contributed by atoms with van der Waals surface area (Å²) in [7, 11) is -3.43. The standard InChI is InChI=1S/C12H16O5S/c1-4-8(2)17-11-6-5-9(18(3,15)16)7-10(11)12(13)14/h5-8H,4H2,1-3H3,(H,13,14)/t8-/m1/s1. The molecule has 0 unspecified atom stereocenters. The number of hydrogen-bond acceptors (Lipinski definition) is 4. The van der Waals surface area contributed by atoms with Crippen molar-refractivity contribution in [3.05, 3.63) is 23.8 Å². The first-order chi connectivity index (χ1) is 8.25. The van der Waals surface area contributed by atoms with Crippen LogP contribution in [0.3, 0.4) is 0 Å². The van der Waals surface area contributed by atoms with Crippen molar-refractivity contribution < 1.29 is 23.1 Å². The molecule has 0 aliphatic heterocycles. The van der Waals surface area contributed by atoms with E-state index in [2.05, 4.69) is 0 Å². The van der Waals surface area contributed by atoms with Crippen LogP contribution in [0.2, 0.25) is 0 Å². The molecule has 1 aromatic carbocycles. The second kappa shape index (κ2) is 5.39. The van der Waals surface area contributed by atoms with Gasteiger partial charge in [0.05, 0.1) is 11.0 Å². The Bertz CT molecular complexity index is 548. The molecule has 0 aliphatic rings. The molecule has 6 heteroatoms. The van der Waals surface area contributed by atoms with Gasteiger partial charge in [0.15, 0.2) is 9.84 Å². The SMILES string of the molecule is CC[C@@H](C)Oc1ccc(S(C)(=O)=O)cc1C(=O)O. The number of hydrogen-bond donors (Lipinski definition) is 1. The summed E-state index contributed by atoms with van der Waals surface area (Å²) in [4.78, 5) is 11.1. The molecule has 0 saturated carbocycles. The Morgan fingerprint density at radius 1 is 1.44 bits per heavy atom. The molecule has 0 aliphatic carbocycles. The molecular weight excluding hydrogens is 256 g/mol. The molecule has 5 nitrogen and oxygen atoms in total. The van der Waals surface area contributed by atoms with Crippen LogP contribution in [-0.2, 0) is 9.84 Å². The smallest absolute Gasteiger partial charge is 0.339 e. The summed E-state index contributed by atoms with van der Waals surface area (Å²) in [5, 5.41) is 9.07. The first-order valence-electron chi connectivity index (χ1n) is 5.49. The molecular formula is C12H16O5S. The van der Waals surface area contributed by atoms with Crippen molar-refractivity contribution in [1.82, 2.24) is 0 Å². The van der Waals surface area contributed by atoms with E-state index in [9.17, 15) is 13.2 Å². The molecule has 0 spiro atoms. The summed E-state index contributed by atoms with van der Waals surface area (Å²) in [6, 6.07) is 3.85. The highest BCUT2D eigenvalue weighted by Crippen LogP contribution is 2.24. The summed E-state index contributed by atoms with van der Waals surface area (Å²) >= 11 is 0. The van der Waals surface area contributed by atoms with Gasteiger partial charge in [-0.2, -0.15) is 0 Å². The molecule has 18 heavy (non-hydrogen) atoms. The number of carboxylic acids is 1. The van der Waals surface area contributed by atoms with Crippen LogP contribution in [0.1, 0.15) is 30.6 Å².